The molecule has 0 spiro atoms. The summed E-state index contributed by atoms with van der Waals surface area (Å²) < 4.78 is 13.6. The van der Waals surface area contributed by atoms with Crippen LogP contribution in [0.4, 0.5) is 4.39 Å². The maximum absolute atomic E-state index is 13.6. The zero-order valence-electron chi connectivity index (χ0n) is 10.6. The van der Waals surface area contributed by atoms with Crippen LogP contribution in [0.2, 0.25) is 0 Å². The second kappa shape index (κ2) is 4.84. The Balaban J connectivity index is 2.89. The van der Waals surface area contributed by atoms with Gasteiger partial charge in [-0.2, -0.15) is 0 Å². The first-order chi connectivity index (χ1) is 7.70. The number of benzene rings is 1. The fourth-order valence-electron chi connectivity index (χ4n) is 1.65. The fraction of sp³-hybridized carbons (Fsp3) is 0.462. The first-order valence-electron chi connectivity index (χ1n) is 5.45. The molecule has 4 heteroatoms. The van der Waals surface area contributed by atoms with Gasteiger partial charge in [0.2, 0.25) is 0 Å². The van der Waals surface area contributed by atoms with Gasteiger partial charge >= 0.3 is 0 Å². The Morgan fingerprint density at radius 2 is 2.06 bits per heavy atom. The van der Waals surface area contributed by atoms with E-state index in [1.54, 1.807) is 33.9 Å². The number of likely N-dealkylation sites (N-methyl/N-ethyl adjacent to an activating group) is 1. The molecule has 0 atom stereocenters. The van der Waals surface area contributed by atoms with Crippen LogP contribution in [0.1, 0.15) is 29.8 Å². The van der Waals surface area contributed by atoms with Crippen molar-refractivity contribution >= 4 is 5.91 Å². The molecule has 17 heavy (non-hydrogen) atoms. The van der Waals surface area contributed by atoms with Crippen molar-refractivity contribution in [2.24, 2.45) is 0 Å². The highest BCUT2D eigenvalue weighted by Gasteiger charge is 2.22. The van der Waals surface area contributed by atoms with Gasteiger partial charge in [0.15, 0.2) is 0 Å². The SMILES string of the molecule is Cc1ccc(C(=O)N(C)CC(C)(C)O)c(F)c1. The molecule has 0 saturated carbocycles. The third-order valence-electron chi connectivity index (χ3n) is 2.33. The standard InChI is InChI=1S/C13H18FNO2/c1-9-5-6-10(11(14)7-9)12(16)15(4)8-13(2,3)17/h5-7,17H,8H2,1-4H3. The molecule has 1 aromatic carbocycles. The van der Waals surface area contributed by atoms with E-state index in [4.69, 9.17) is 0 Å². The molecule has 0 heterocycles. The van der Waals surface area contributed by atoms with Gasteiger partial charge in [-0.05, 0) is 38.5 Å². The summed E-state index contributed by atoms with van der Waals surface area (Å²) in [5.74, 6) is -0.956. The zero-order chi connectivity index (χ0) is 13.2. The van der Waals surface area contributed by atoms with Gasteiger partial charge in [0.05, 0.1) is 11.2 Å². The first-order valence-corrected chi connectivity index (χ1v) is 5.45. The van der Waals surface area contributed by atoms with E-state index in [2.05, 4.69) is 0 Å². The lowest BCUT2D eigenvalue weighted by atomic mass is 10.1. The average Bonchev–Trinajstić information content (AvgIpc) is 2.14. The highest BCUT2D eigenvalue weighted by molar-refractivity contribution is 5.94. The average molecular weight is 239 g/mol. The van der Waals surface area contributed by atoms with Crippen molar-refractivity contribution in [2.45, 2.75) is 26.4 Å². The maximum Gasteiger partial charge on any atom is 0.256 e. The number of rotatable bonds is 3. The van der Waals surface area contributed by atoms with Crippen LogP contribution >= 0.6 is 0 Å². The summed E-state index contributed by atoms with van der Waals surface area (Å²) in [6, 6.07) is 4.48. The van der Waals surface area contributed by atoms with Crippen LogP contribution in [-0.4, -0.2) is 35.1 Å². The van der Waals surface area contributed by atoms with Crippen LogP contribution in [0, 0.1) is 12.7 Å². The van der Waals surface area contributed by atoms with E-state index in [1.165, 1.54) is 17.0 Å². The smallest absolute Gasteiger partial charge is 0.256 e. The molecule has 0 radical (unpaired) electrons. The van der Waals surface area contributed by atoms with Gasteiger partial charge in [-0.25, -0.2) is 4.39 Å². The Labute approximate surface area is 101 Å². The molecule has 1 rings (SSSR count). The largest absolute Gasteiger partial charge is 0.389 e. The summed E-state index contributed by atoms with van der Waals surface area (Å²) in [4.78, 5) is 13.2. The van der Waals surface area contributed by atoms with Crippen LogP contribution in [0.25, 0.3) is 0 Å². The van der Waals surface area contributed by atoms with Crippen molar-refractivity contribution in [2.75, 3.05) is 13.6 Å². The maximum atomic E-state index is 13.6. The topological polar surface area (TPSA) is 40.5 Å². The summed E-state index contributed by atoms with van der Waals surface area (Å²) >= 11 is 0. The predicted molar refractivity (Wildman–Crippen MR) is 64.4 cm³/mol. The summed E-state index contributed by atoms with van der Waals surface area (Å²) in [7, 11) is 1.54. The van der Waals surface area contributed by atoms with E-state index in [9.17, 15) is 14.3 Å². The quantitative estimate of drug-likeness (QED) is 0.876. The van der Waals surface area contributed by atoms with Crippen molar-refractivity contribution in [1.29, 1.82) is 0 Å². The Kier molecular flexibility index (Phi) is 3.88. The third kappa shape index (κ3) is 3.82. The van der Waals surface area contributed by atoms with Crippen LogP contribution < -0.4 is 0 Å². The van der Waals surface area contributed by atoms with E-state index < -0.39 is 17.3 Å². The van der Waals surface area contributed by atoms with Gasteiger partial charge in [0, 0.05) is 13.6 Å². The van der Waals surface area contributed by atoms with Crippen LogP contribution in [0.3, 0.4) is 0 Å². The number of nitrogens with zero attached hydrogens (tertiary/aromatic N) is 1. The molecule has 94 valence electrons. The Morgan fingerprint density at radius 3 is 2.53 bits per heavy atom. The Morgan fingerprint density at radius 1 is 1.47 bits per heavy atom. The molecule has 0 saturated heterocycles. The van der Waals surface area contributed by atoms with Crippen LogP contribution in [-0.2, 0) is 0 Å². The molecule has 0 aliphatic heterocycles. The summed E-state index contributed by atoms with van der Waals surface area (Å²) in [6.07, 6.45) is 0. The fourth-order valence-corrected chi connectivity index (χ4v) is 1.65. The molecule has 0 aliphatic rings. The number of carbonyl (C=O) groups is 1. The number of amides is 1. The second-order valence-electron chi connectivity index (χ2n) is 4.96. The van der Waals surface area contributed by atoms with Gasteiger partial charge in [0.25, 0.3) is 5.91 Å². The number of carbonyl (C=O) groups excluding carboxylic acids is 1. The van der Waals surface area contributed by atoms with Gasteiger partial charge in [-0.3, -0.25) is 4.79 Å². The number of halogens is 1. The summed E-state index contributed by atoms with van der Waals surface area (Å²) in [6.45, 7) is 5.11. The lowest BCUT2D eigenvalue weighted by Gasteiger charge is -2.25. The van der Waals surface area contributed by atoms with E-state index in [0.29, 0.717) is 0 Å². The van der Waals surface area contributed by atoms with Gasteiger partial charge in [-0.15, -0.1) is 0 Å². The minimum Gasteiger partial charge on any atom is -0.389 e. The molecular formula is C13H18FNO2. The Hall–Kier alpha value is -1.42. The van der Waals surface area contributed by atoms with Crippen LogP contribution in [0.15, 0.2) is 18.2 Å². The van der Waals surface area contributed by atoms with Gasteiger partial charge in [0.1, 0.15) is 5.82 Å². The zero-order valence-corrected chi connectivity index (χ0v) is 10.6. The lowest BCUT2D eigenvalue weighted by molar-refractivity contribution is 0.0365. The lowest BCUT2D eigenvalue weighted by Crippen LogP contribution is -2.40. The minimum atomic E-state index is -0.994. The monoisotopic (exact) mass is 239 g/mol. The molecule has 0 aromatic heterocycles. The van der Waals surface area contributed by atoms with Crippen molar-refractivity contribution in [3.63, 3.8) is 0 Å². The van der Waals surface area contributed by atoms with E-state index in [-0.39, 0.29) is 12.1 Å². The number of aliphatic hydroxyl groups is 1. The third-order valence-corrected chi connectivity index (χ3v) is 2.33. The second-order valence-corrected chi connectivity index (χ2v) is 4.96. The molecule has 1 amide bonds. The van der Waals surface area contributed by atoms with Gasteiger partial charge in [-0.1, -0.05) is 6.07 Å². The molecule has 1 N–H and O–H groups in total. The number of hydrogen-bond donors (Lipinski definition) is 1. The van der Waals surface area contributed by atoms with Crippen molar-refractivity contribution < 1.29 is 14.3 Å². The highest BCUT2D eigenvalue weighted by Crippen LogP contribution is 2.13. The summed E-state index contributed by atoms with van der Waals surface area (Å²) in [5, 5.41) is 9.61. The highest BCUT2D eigenvalue weighted by atomic mass is 19.1. The van der Waals surface area contributed by atoms with Crippen molar-refractivity contribution in [3.8, 4) is 0 Å². The van der Waals surface area contributed by atoms with Crippen molar-refractivity contribution in [1.82, 2.24) is 4.90 Å². The van der Waals surface area contributed by atoms with E-state index >= 15 is 0 Å². The number of hydrogen-bond acceptors (Lipinski definition) is 2. The molecule has 0 bridgehead atoms. The molecule has 1 aromatic rings. The molecule has 0 aliphatic carbocycles. The summed E-state index contributed by atoms with van der Waals surface area (Å²) in [5.41, 5.74) is -0.197. The van der Waals surface area contributed by atoms with E-state index in [0.717, 1.165) is 5.56 Å². The molecule has 0 fully saturated rings. The molecule has 0 unspecified atom stereocenters. The normalized spacial score (nSPS) is 11.4. The first kappa shape index (κ1) is 13.6. The molecular weight excluding hydrogens is 221 g/mol. The minimum absolute atomic E-state index is 0.0300. The van der Waals surface area contributed by atoms with Crippen LogP contribution in [0.5, 0.6) is 0 Å². The predicted octanol–water partition coefficient (Wildman–Crippen LogP) is 1.98. The molecule has 3 nitrogen and oxygen atoms in total. The van der Waals surface area contributed by atoms with E-state index in [1.807, 2.05) is 0 Å². The number of aryl methyl sites for hydroxylation is 1. The Bertz CT molecular complexity index is 424. The van der Waals surface area contributed by atoms with Crippen molar-refractivity contribution in [3.05, 3.63) is 35.1 Å². The van der Waals surface area contributed by atoms with Gasteiger partial charge < -0.3 is 10.0 Å².